The number of β-amino-alcohol motifs (C(OH)–C–C–N with tert-alkyl or cyclic N) is 1. The van der Waals surface area contributed by atoms with Crippen LogP contribution in [0.2, 0.25) is 0 Å². The predicted octanol–water partition coefficient (Wildman–Crippen LogP) is 3.87. The van der Waals surface area contributed by atoms with Crippen LogP contribution in [-0.2, 0) is 26.0 Å². The normalized spacial score (nSPS) is 13.8. The Balaban J connectivity index is 1.20. The van der Waals surface area contributed by atoms with Gasteiger partial charge in [-0.15, -0.1) is 0 Å². The number of anilines is 1. The lowest BCUT2D eigenvalue weighted by Crippen LogP contribution is -2.42. The van der Waals surface area contributed by atoms with E-state index in [9.17, 15) is 9.90 Å². The first-order chi connectivity index (χ1) is 17.1. The monoisotopic (exact) mass is 470 g/mol. The Morgan fingerprint density at radius 1 is 1.06 bits per heavy atom. The lowest BCUT2D eigenvalue weighted by Gasteiger charge is -2.30. The molecule has 1 unspecified atom stereocenters. The Bertz CT molecular complexity index is 1170. The molecule has 7 heteroatoms. The smallest absolute Gasteiger partial charge is 0.319 e. The zero-order valence-electron chi connectivity index (χ0n) is 19.6. The number of benzene rings is 3. The highest BCUT2D eigenvalue weighted by Crippen LogP contribution is 2.19. The van der Waals surface area contributed by atoms with Crippen LogP contribution in [0.25, 0.3) is 0 Å². The summed E-state index contributed by atoms with van der Waals surface area (Å²) < 4.78 is 5.81. The lowest BCUT2D eigenvalue weighted by atomic mass is 10.00. The number of nitrogens with zero attached hydrogens (tertiary/aromatic N) is 2. The molecule has 0 fully saturated rings. The van der Waals surface area contributed by atoms with E-state index >= 15 is 0 Å². The summed E-state index contributed by atoms with van der Waals surface area (Å²) in [6.07, 6.45) is 0.703. The molecule has 0 saturated carbocycles. The van der Waals surface area contributed by atoms with Crippen molar-refractivity contribution in [3.8, 4) is 11.8 Å². The fourth-order valence-electron chi connectivity index (χ4n) is 4.16. The van der Waals surface area contributed by atoms with E-state index in [0.717, 1.165) is 30.6 Å². The van der Waals surface area contributed by atoms with Crippen LogP contribution >= 0.6 is 0 Å². The molecule has 1 aliphatic heterocycles. The first-order valence-corrected chi connectivity index (χ1v) is 11.8. The van der Waals surface area contributed by atoms with Crippen LogP contribution in [0.15, 0.2) is 72.8 Å². The van der Waals surface area contributed by atoms with Gasteiger partial charge in [-0.1, -0.05) is 48.5 Å². The standard InChI is InChI=1S/C28H30N4O3/c29-14-12-21-8-10-27(11-9-21)35-20-22-4-3-7-25(16-22)31-28(34)30-17-26(33)19-32-15-13-23-5-1-2-6-24(23)18-32/h1-11,16,26,33H,12-13,15,17-20H2,(H2,30,31,34). The third-order valence-corrected chi connectivity index (χ3v) is 5.97. The van der Waals surface area contributed by atoms with Gasteiger partial charge in [-0.2, -0.15) is 5.26 Å². The van der Waals surface area contributed by atoms with Crippen molar-refractivity contribution in [2.45, 2.75) is 32.1 Å². The van der Waals surface area contributed by atoms with E-state index in [1.54, 1.807) is 6.07 Å². The molecule has 0 radical (unpaired) electrons. The molecule has 0 spiro atoms. The van der Waals surface area contributed by atoms with E-state index < -0.39 is 6.10 Å². The Labute approximate surface area is 206 Å². The van der Waals surface area contributed by atoms with Crippen LogP contribution in [0, 0.1) is 11.3 Å². The number of aliphatic hydroxyl groups excluding tert-OH is 1. The summed E-state index contributed by atoms with van der Waals surface area (Å²) in [7, 11) is 0. The zero-order chi connectivity index (χ0) is 24.5. The van der Waals surface area contributed by atoms with E-state index in [-0.39, 0.29) is 12.6 Å². The predicted molar refractivity (Wildman–Crippen MR) is 135 cm³/mol. The molecule has 3 aromatic carbocycles. The average Bonchev–Trinajstić information content (AvgIpc) is 2.87. The number of rotatable bonds is 9. The molecule has 3 N–H and O–H groups in total. The highest BCUT2D eigenvalue weighted by molar-refractivity contribution is 5.89. The van der Waals surface area contributed by atoms with Crippen molar-refractivity contribution in [2.24, 2.45) is 0 Å². The zero-order valence-corrected chi connectivity index (χ0v) is 19.6. The summed E-state index contributed by atoms with van der Waals surface area (Å²) in [6, 6.07) is 25.0. The number of fused-ring (bicyclic) bond motifs is 1. The highest BCUT2D eigenvalue weighted by atomic mass is 16.5. The minimum absolute atomic E-state index is 0.175. The second-order valence-electron chi connectivity index (χ2n) is 8.71. The molecule has 1 aliphatic rings. The first kappa shape index (κ1) is 24.3. The van der Waals surface area contributed by atoms with E-state index in [2.05, 4.69) is 39.8 Å². The Hall–Kier alpha value is -3.86. The molecule has 0 aromatic heterocycles. The largest absolute Gasteiger partial charge is 0.489 e. The molecule has 2 amide bonds. The molecule has 0 saturated heterocycles. The fourth-order valence-corrected chi connectivity index (χ4v) is 4.16. The van der Waals surface area contributed by atoms with Crippen LogP contribution in [0.3, 0.4) is 0 Å². The third kappa shape index (κ3) is 7.31. The molecule has 3 aromatic rings. The Morgan fingerprint density at radius 3 is 2.66 bits per heavy atom. The number of hydrogen-bond acceptors (Lipinski definition) is 5. The van der Waals surface area contributed by atoms with Gasteiger partial charge in [0.25, 0.3) is 0 Å². The van der Waals surface area contributed by atoms with Crippen LogP contribution in [-0.4, -0.2) is 41.8 Å². The van der Waals surface area contributed by atoms with Crippen molar-refractivity contribution in [3.05, 3.63) is 95.1 Å². The van der Waals surface area contributed by atoms with Crippen LogP contribution in [0.1, 0.15) is 22.3 Å². The maximum atomic E-state index is 12.3. The molecular weight excluding hydrogens is 440 g/mol. The van der Waals surface area contributed by atoms with Crippen molar-refractivity contribution < 1.29 is 14.6 Å². The van der Waals surface area contributed by atoms with E-state index in [4.69, 9.17) is 10.00 Å². The molecule has 7 nitrogen and oxygen atoms in total. The van der Waals surface area contributed by atoms with Crippen LogP contribution in [0.5, 0.6) is 5.75 Å². The Kier molecular flexibility index (Phi) is 8.34. The van der Waals surface area contributed by atoms with Crippen molar-refractivity contribution in [3.63, 3.8) is 0 Å². The SMILES string of the molecule is N#CCc1ccc(OCc2cccc(NC(=O)NCC(O)CN3CCc4ccccc4C3)c2)cc1. The van der Waals surface area contributed by atoms with Gasteiger partial charge >= 0.3 is 6.03 Å². The minimum atomic E-state index is -0.648. The van der Waals surface area contributed by atoms with Gasteiger partial charge in [0.2, 0.25) is 0 Å². The maximum absolute atomic E-state index is 12.3. The maximum Gasteiger partial charge on any atom is 0.319 e. The second kappa shape index (κ2) is 12.0. The Morgan fingerprint density at radius 2 is 1.86 bits per heavy atom. The van der Waals surface area contributed by atoms with Crippen molar-refractivity contribution in [2.75, 3.05) is 25.0 Å². The second-order valence-corrected chi connectivity index (χ2v) is 8.71. The minimum Gasteiger partial charge on any atom is -0.489 e. The van der Waals surface area contributed by atoms with E-state index in [1.807, 2.05) is 48.5 Å². The molecule has 1 atom stereocenters. The topological polar surface area (TPSA) is 97.6 Å². The number of aliphatic hydroxyl groups is 1. The van der Waals surface area contributed by atoms with Crippen LogP contribution in [0.4, 0.5) is 10.5 Å². The number of ether oxygens (including phenoxy) is 1. The number of carbonyl (C=O) groups is 1. The lowest BCUT2D eigenvalue weighted by molar-refractivity contribution is 0.106. The van der Waals surface area contributed by atoms with Gasteiger partial charge in [0, 0.05) is 31.9 Å². The van der Waals surface area contributed by atoms with E-state index in [1.165, 1.54) is 11.1 Å². The van der Waals surface area contributed by atoms with Crippen LogP contribution < -0.4 is 15.4 Å². The summed E-state index contributed by atoms with van der Waals surface area (Å²) in [4.78, 5) is 14.6. The molecular formula is C28H30N4O3. The van der Waals surface area contributed by atoms with Gasteiger partial charge in [0.1, 0.15) is 12.4 Å². The number of amides is 2. The van der Waals surface area contributed by atoms with Gasteiger partial charge < -0.3 is 20.5 Å². The van der Waals surface area contributed by atoms with Crippen molar-refractivity contribution in [1.82, 2.24) is 10.2 Å². The summed E-state index contributed by atoms with van der Waals surface area (Å²) in [6.45, 7) is 2.76. The molecule has 180 valence electrons. The van der Waals surface area contributed by atoms with Gasteiger partial charge in [-0.25, -0.2) is 4.79 Å². The highest BCUT2D eigenvalue weighted by Gasteiger charge is 2.18. The average molecular weight is 471 g/mol. The number of hydrogen-bond donors (Lipinski definition) is 3. The number of nitriles is 1. The van der Waals surface area contributed by atoms with Crippen molar-refractivity contribution in [1.29, 1.82) is 5.26 Å². The molecule has 0 bridgehead atoms. The van der Waals surface area contributed by atoms with Gasteiger partial charge in [-0.3, -0.25) is 4.90 Å². The first-order valence-electron chi connectivity index (χ1n) is 11.8. The fraction of sp³-hybridized carbons (Fsp3) is 0.286. The quantitative estimate of drug-likeness (QED) is 0.441. The summed E-state index contributed by atoms with van der Waals surface area (Å²) >= 11 is 0. The molecule has 1 heterocycles. The van der Waals surface area contributed by atoms with Gasteiger partial charge in [0.05, 0.1) is 18.6 Å². The van der Waals surface area contributed by atoms with Gasteiger partial charge in [0.15, 0.2) is 0 Å². The van der Waals surface area contributed by atoms with Crippen molar-refractivity contribution >= 4 is 11.7 Å². The number of urea groups is 1. The summed E-state index contributed by atoms with van der Waals surface area (Å²) in [5, 5.41) is 24.7. The van der Waals surface area contributed by atoms with E-state index in [0.29, 0.717) is 31.0 Å². The molecule has 4 rings (SSSR count). The number of nitrogens with one attached hydrogen (secondary N) is 2. The van der Waals surface area contributed by atoms with Gasteiger partial charge in [-0.05, 0) is 52.9 Å². The summed E-state index contributed by atoms with van der Waals surface area (Å²) in [5.74, 6) is 0.717. The number of carbonyl (C=O) groups excluding carboxylic acids is 1. The summed E-state index contributed by atoms with van der Waals surface area (Å²) in [5.41, 5.74) is 5.18. The molecule has 35 heavy (non-hydrogen) atoms. The third-order valence-electron chi connectivity index (χ3n) is 5.97. The molecule has 0 aliphatic carbocycles.